The number of carbonyl (C=O) groups excluding carboxylic acids is 1. The summed E-state index contributed by atoms with van der Waals surface area (Å²) in [5.41, 5.74) is 1.07. The first-order valence-electron chi connectivity index (χ1n) is 6.02. The lowest BCUT2D eigenvalue weighted by atomic mass is 10.2. The number of pyridine rings is 1. The number of ether oxygens (including phenoxy) is 1. The molecule has 0 aliphatic carbocycles. The van der Waals surface area contributed by atoms with Gasteiger partial charge >= 0.3 is 5.97 Å². The molecule has 0 aromatic carbocycles. The minimum atomic E-state index is -0.186. The minimum Gasteiger partial charge on any atom is -0.465 e. The average molecular weight is 315 g/mol. The summed E-state index contributed by atoms with van der Waals surface area (Å²) in [7, 11) is 0. The summed E-state index contributed by atoms with van der Waals surface area (Å²) in [4.78, 5) is 17.7. The van der Waals surface area contributed by atoms with Crippen LogP contribution in [0, 0.1) is 0 Å². The van der Waals surface area contributed by atoms with E-state index in [2.05, 4.69) is 39.7 Å². The second-order valence-corrected chi connectivity index (χ2v) is 5.23. The molecule has 0 spiro atoms. The molecule has 0 atom stereocenters. The Hall–Kier alpha value is -0.940. The fourth-order valence-electron chi connectivity index (χ4n) is 1.57. The van der Waals surface area contributed by atoms with Gasteiger partial charge in [0, 0.05) is 29.5 Å². The van der Waals surface area contributed by atoms with Crippen molar-refractivity contribution in [1.82, 2.24) is 9.88 Å². The molecule has 18 heavy (non-hydrogen) atoms. The summed E-state index contributed by atoms with van der Waals surface area (Å²) in [6.45, 7) is 7.34. The smallest absolute Gasteiger partial charge is 0.320 e. The van der Waals surface area contributed by atoms with Crippen LogP contribution in [-0.2, 0) is 16.1 Å². The Balaban J connectivity index is 2.66. The quantitative estimate of drug-likeness (QED) is 0.757. The Bertz CT molecular complexity index is 396. The van der Waals surface area contributed by atoms with Crippen LogP contribution in [-0.4, -0.2) is 35.0 Å². The highest BCUT2D eigenvalue weighted by Gasteiger charge is 2.15. The first-order valence-corrected chi connectivity index (χ1v) is 6.81. The highest BCUT2D eigenvalue weighted by atomic mass is 79.9. The third-order valence-electron chi connectivity index (χ3n) is 2.51. The molecule has 0 amide bonds. The van der Waals surface area contributed by atoms with Gasteiger partial charge in [-0.1, -0.05) is 0 Å². The Morgan fingerprint density at radius 3 is 2.78 bits per heavy atom. The number of halogens is 1. The Labute approximate surface area is 116 Å². The molecule has 1 aromatic heterocycles. The predicted molar refractivity (Wildman–Crippen MR) is 74.1 cm³/mol. The van der Waals surface area contributed by atoms with Gasteiger partial charge in [0.05, 0.1) is 13.2 Å². The van der Waals surface area contributed by atoms with Gasteiger partial charge in [-0.05, 0) is 48.3 Å². The van der Waals surface area contributed by atoms with Crippen LogP contribution >= 0.6 is 15.9 Å². The normalized spacial score (nSPS) is 11.0. The Kier molecular flexibility index (Phi) is 6.29. The summed E-state index contributed by atoms with van der Waals surface area (Å²) < 4.78 is 5.92. The van der Waals surface area contributed by atoms with Crippen molar-refractivity contribution in [3.05, 3.63) is 28.5 Å². The molecule has 0 saturated heterocycles. The number of esters is 1. The van der Waals surface area contributed by atoms with Crippen molar-refractivity contribution in [3.8, 4) is 0 Å². The highest BCUT2D eigenvalue weighted by Crippen LogP contribution is 2.13. The second kappa shape index (κ2) is 7.48. The number of aromatic nitrogens is 1. The highest BCUT2D eigenvalue weighted by molar-refractivity contribution is 9.10. The first-order chi connectivity index (χ1) is 8.52. The van der Waals surface area contributed by atoms with Crippen molar-refractivity contribution in [2.24, 2.45) is 0 Å². The zero-order valence-electron chi connectivity index (χ0n) is 11.0. The fraction of sp³-hybridized carbons (Fsp3) is 0.538. The van der Waals surface area contributed by atoms with Crippen LogP contribution in [0.2, 0.25) is 0 Å². The van der Waals surface area contributed by atoms with Crippen molar-refractivity contribution in [3.63, 3.8) is 0 Å². The number of nitrogens with zero attached hydrogens (tertiary/aromatic N) is 2. The maximum atomic E-state index is 11.5. The largest absolute Gasteiger partial charge is 0.465 e. The Morgan fingerprint density at radius 2 is 2.22 bits per heavy atom. The molecular formula is C13H19BrN2O2. The lowest BCUT2D eigenvalue weighted by Crippen LogP contribution is -2.36. The van der Waals surface area contributed by atoms with Crippen molar-refractivity contribution in [1.29, 1.82) is 0 Å². The van der Waals surface area contributed by atoms with Gasteiger partial charge in [-0.25, -0.2) is 0 Å². The van der Waals surface area contributed by atoms with Crippen molar-refractivity contribution >= 4 is 21.9 Å². The van der Waals surface area contributed by atoms with Gasteiger partial charge in [-0.15, -0.1) is 0 Å². The van der Waals surface area contributed by atoms with E-state index < -0.39 is 0 Å². The topological polar surface area (TPSA) is 42.4 Å². The Morgan fingerprint density at radius 1 is 1.50 bits per heavy atom. The molecule has 1 rings (SSSR count). The van der Waals surface area contributed by atoms with E-state index in [-0.39, 0.29) is 12.0 Å². The lowest BCUT2D eigenvalue weighted by Gasteiger charge is -2.25. The zero-order chi connectivity index (χ0) is 13.5. The molecule has 0 N–H and O–H groups in total. The molecule has 1 aromatic rings. The molecule has 100 valence electrons. The van der Waals surface area contributed by atoms with Crippen LogP contribution in [0.1, 0.15) is 26.3 Å². The van der Waals surface area contributed by atoms with Crippen LogP contribution in [0.15, 0.2) is 22.9 Å². The van der Waals surface area contributed by atoms with E-state index in [4.69, 9.17) is 4.74 Å². The third-order valence-corrected chi connectivity index (χ3v) is 2.95. The van der Waals surface area contributed by atoms with Crippen LogP contribution in [0.25, 0.3) is 0 Å². The van der Waals surface area contributed by atoms with Crippen LogP contribution in [0.4, 0.5) is 0 Å². The molecule has 4 nitrogen and oxygen atoms in total. The standard InChI is InChI=1S/C13H19BrN2O2/c1-4-18-13(17)9-16(10(2)3)8-11-5-12(14)7-15-6-11/h5-7,10H,4,8-9H2,1-3H3. The van der Waals surface area contributed by atoms with Gasteiger partial charge in [0.2, 0.25) is 0 Å². The summed E-state index contributed by atoms with van der Waals surface area (Å²) in [6, 6.07) is 2.28. The monoisotopic (exact) mass is 314 g/mol. The lowest BCUT2D eigenvalue weighted by molar-refractivity contribution is -0.145. The van der Waals surface area contributed by atoms with E-state index in [1.54, 1.807) is 6.20 Å². The zero-order valence-corrected chi connectivity index (χ0v) is 12.6. The molecule has 0 aliphatic heterocycles. The van der Waals surface area contributed by atoms with Crippen LogP contribution in [0.3, 0.4) is 0 Å². The summed E-state index contributed by atoms with van der Waals surface area (Å²) >= 11 is 3.39. The third kappa shape index (κ3) is 5.14. The van der Waals surface area contributed by atoms with E-state index in [9.17, 15) is 4.79 Å². The van der Waals surface area contributed by atoms with Crippen LogP contribution in [0.5, 0.6) is 0 Å². The van der Waals surface area contributed by atoms with Gasteiger partial charge in [-0.2, -0.15) is 0 Å². The maximum absolute atomic E-state index is 11.5. The second-order valence-electron chi connectivity index (χ2n) is 4.32. The SMILES string of the molecule is CCOC(=O)CN(Cc1cncc(Br)c1)C(C)C. The first kappa shape index (κ1) is 15.1. The van der Waals surface area contributed by atoms with E-state index in [1.807, 2.05) is 19.2 Å². The van der Waals surface area contributed by atoms with Crippen molar-refractivity contribution in [2.45, 2.75) is 33.4 Å². The number of carbonyl (C=O) groups is 1. The predicted octanol–water partition coefficient (Wildman–Crippen LogP) is 2.62. The molecule has 0 bridgehead atoms. The average Bonchev–Trinajstić information content (AvgIpc) is 2.28. The van der Waals surface area contributed by atoms with E-state index in [0.29, 0.717) is 19.7 Å². The van der Waals surface area contributed by atoms with E-state index in [0.717, 1.165) is 10.0 Å². The summed E-state index contributed by atoms with van der Waals surface area (Å²) in [6.07, 6.45) is 3.56. The van der Waals surface area contributed by atoms with Crippen molar-refractivity contribution < 1.29 is 9.53 Å². The van der Waals surface area contributed by atoms with E-state index >= 15 is 0 Å². The number of rotatable bonds is 6. The molecule has 0 saturated carbocycles. The van der Waals surface area contributed by atoms with Gasteiger partial charge in [0.25, 0.3) is 0 Å². The number of hydrogen-bond donors (Lipinski definition) is 0. The molecule has 0 fully saturated rings. The minimum absolute atomic E-state index is 0.186. The van der Waals surface area contributed by atoms with Crippen molar-refractivity contribution in [2.75, 3.05) is 13.2 Å². The summed E-state index contributed by atoms with van der Waals surface area (Å²) in [5.74, 6) is -0.186. The van der Waals surface area contributed by atoms with Gasteiger partial charge in [0.1, 0.15) is 0 Å². The maximum Gasteiger partial charge on any atom is 0.320 e. The molecule has 1 heterocycles. The van der Waals surface area contributed by atoms with Gasteiger partial charge in [0.15, 0.2) is 0 Å². The molecule has 0 radical (unpaired) electrons. The van der Waals surface area contributed by atoms with Gasteiger partial charge < -0.3 is 4.74 Å². The fourth-order valence-corrected chi connectivity index (χ4v) is 1.98. The molecule has 5 heteroatoms. The molecular weight excluding hydrogens is 296 g/mol. The summed E-state index contributed by atoms with van der Waals surface area (Å²) in [5, 5.41) is 0. The number of hydrogen-bond acceptors (Lipinski definition) is 4. The van der Waals surface area contributed by atoms with Gasteiger partial charge in [-0.3, -0.25) is 14.7 Å². The van der Waals surface area contributed by atoms with Crippen LogP contribution < -0.4 is 0 Å². The van der Waals surface area contributed by atoms with E-state index in [1.165, 1.54) is 0 Å². The molecule has 0 unspecified atom stereocenters. The molecule has 0 aliphatic rings.